The molecule has 0 heterocycles. The Bertz CT molecular complexity index is 301. The van der Waals surface area contributed by atoms with Crippen molar-refractivity contribution in [3.8, 4) is 5.75 Å². The van der Waals surface area contributed by atoms with Gasteiger partial charge in [0.1, 0.15) is 5.75 Å². The fourth-order valence-electron chi connectivity index (χ4n) is 1.06. The van der Waals surface area contributed by atoms with Crippen LogP contribution < -0.4 is 4.74 Å². The zero-order valence-corrected chi connectivity index (χ0v) is 8.61. The van der Waals surface area contributed by atoms with Crippen LogP contribution in [0.3, 0.4) is 0 Å². The zero-order valence-electron chi connectivity index (χ0n) is 8.61. The maximum Gasteiger partial charge on any atom is 0.337 e. The van der Waals surface area contributed by atoms with E-state index >= 15 is 0 Å². The fourth-order valence-corrected chi connectivity index (χ4v) is 1.06. The Kier molecular flexibility index (Phi) is 3.51. The van der Waals surface area contributed by atoms with Gasteiger partial charge in [0.15, 0.2) is 0 Å². The topological polar surface area (TPSA) is 35.5 Å². The molecule has 0 radical (unpaired) electrons. The Morgan fingerprint density at radius 3 is 2.21 bits per heavy atom. The molecule has 0 aliphatic rings. The average molecular weight is 194 g/mol. The summed E-state index contributed by atoms with van der Waals surface area (Å²) in [6.45, 7) is 3.91. The van der Waals surface area contributed by atoms with E-state index in [1.165, 1.54) is 7.11 Å². The molecule has 1 aromatic carbocycles. The number of hydrogen-bond acceptors (Lipinski definition) is 3. The molecule has 0 spiro atoms. The first-order valence-electron chi connectivity index (χ1n) is 4.48. The van der Waals surface area contributed by atoms with Crippen LogP contribution in [0.15, 0.2) is 24.3 Å². The monoisotopic (exact) mass is 194 g/mol. The van der Waals surface area contributed by atoms with Gasteiger partial charge < -0.3 is 9.47 Å². The number of hydrogen-bond donors (Lipinski definition) is 0. The van der Waals surface area contributed by atoms with Crippen LogP contribution in [0.4, 0.5) is 0 Å². The van der Waals surface area contributed by atoms with Crippen LogP contribution in [-0.2, 0) is 4.74 Å². The minimum atomic E-state index is -0.332. The molecule has 0 fully saturated rings. The summed E-state index contributed by atoms with van der Waals surface area (Å²) in [6, 6.07) is 6.88. The van der Waals surface area contributed by atoms with Gasteiger partial charge >= 0.3 is 5.97 Å². The molecule has 0 aromatic heterocycles. The summed E-state index contributed by atoms with van der Waals surface area (Å²) in [6.07, 6.45) is 0.138. The molecule has 0 unspecified atom stereocenters. The molecule has 0 saturated heterocycles. The molecule has 1 aromatic rings. The van der Waals surface area contributed by atoms with E-state index in [0.29, 0.717) is 5.56 Å². The minimum Gasteiger partial charge on any atom is -0.491 e. The minimum absolute atomic E-state index is 0.138. The van der Waals surface area contributed by atoms with Crippen LogP contribution in [0, 0.1) is 0 Å². The van der Waals surface area contributed by atoms with Gasteiger partial charge in [-0.3, -0.25) is 0 Å². The van der Waals surface area contributed by atoms with Gasteiger partial charge in [0.25, 0.3) is 0 Å². The van der Waals surface area contributed by atoms with E-state index in [0.717, 1.165) is 5.75 Å². The summed E-state index contributed by atoms with van der Waals surface area (Å²) in [7, 11) is 1.36. The lowest BCUT2D eigenvalue weighted by molar-refractivity contribution is 0.0600. The Labute approximate surface area is 83.6 Å². The highest BCUT2D eigenvalue weighted by molar-refractivity contribution is 5.89. The van der Waals surface area contributed by atoms with Gasteiger partial charge in [-0.2, -0.15) is 0 Å². The molecule has 0 bridgehead atoms. The highest BCUT2D eigenvalue weighted by atomic mass is 16.5. The van der Waals surface area contributed by atoms with Gasteiger partial charge in [0, 0.05) is 0 Å². The zero-order chi connectivity index (χ0) is 10.6. The lowest BCUT2D eigenvalue weighted by Crippen LogP contribution is -2.06. The molecular weight excluding hydrogens is 180 g/mol. The van der Waals surface area contributed by atoms with Crippen molar-refractivity contribution >= 4 is 5.97 Å². The quantitative estimate of drug-likeness (QED) is 0.692. The van der Waals surface area contributed by atoms with Crippen molar-refractivity contribution in [3.05, 3.63) is 29.8 Å². The number of carbonyl (C=O) groups excluding carboxylic acids is 1. The number of carbonyl (C=O) groups is 1. The average Bonchev–Trinajstić information content (AvgIpc) is 2.17. The standard InChI is InChI=1S/C11H14O3/c1-8(2)14-10-6-4-9(5-7-10)11(12)13-3/h4-8H,1-3H3. The molecule has 0 aliphatic heterocycles. The van der Waals surface area contributed by atoms with Crippen LogP contribution in [0.5, 0.6) is 5.75 Å². The summed E-state index contributed by atoms with van der Waals surface area (Å²) < 4.78 is 10.0. The molecule has 14 heavy (non-hydrogen) atoms. The van der Waals surface area contributed by atoms with Crippen molar-refractivity contribution in [2.24, 2.45) is 0 Å². The molecular formula is C11H14O3. The third-order valence-corrected chi connectivity index (χ3v) is 1.65. The van der Waals surface area contributed by atoms with Crippen LogP contribution in [0.1, 0.15) is 24.2 Å². The summed E-state index contributed by atoms with van der Waals surface area (Å²) in [4.78, 5) is 11.1. The summed E-state index contributed by atoms with van der Waals surface area (Å²) >= 11 is 0. The number of esters is 1. The van der Waals surface area contributed by atoms with Crippen molar-refractivity contribution in [3.63, 3.8) is 0 Å². The largest absolute Gasteiger partial charge is 0.491 e. The third kappa shape index (κ3) is 2.76. The first-order chi connectivity index (χ1) is 6.63. The second-order valence-corrected chi connectivity index (χ2v) is 3.18. The van der Waals surface area contributed by atoms with Gasteiger partial charge in [0.05, 0.1) is 18.8 Å². The Morgan fingerprint density at radius 2 is 1.79 bits per heavy atom. The van der Waals surface area contributed by atoms with Crippen molar-refractivity contribution in [2.75, 3.05) is 7.11 Å². The van der Waals surface area contributed by atoms with Crippen LogP contribution in [-0.4, -0.2) is 19.2 Å². The van der Waals surface area contributed by atoms with E-state index in [1.807, 2.05) is 13.8 Å². The van der Waals surface area contributed by atoms with Crippen molar-refractivity contribution in [1.82, 2.24) is 0 Å². The highest BCUT2D eigenvalue weighted by Gasteiger charge is 2.04. The van der Waals surface area contributed by atoms with E-state index in [2.05, 4.69) is 4.74 Å². The van der Waals surface area contributed by atoms with E-state index in [1.54, 1.807) is 24.3 Å². The number of ether oxygens (including phenoxy) is 2. The summed E-state index contributed by atoms with van der Waals surface area (Å²) in [5.41, 5.74) is 0.531. The normalized spacial score (nSPS) is 10.0. The number of benzene rings is 1. The first kappa shape index (κ1) is 10.6. The molecule has 0 N–H and O–H groups in total. The van der Waals surface area contributed by atoms with Gasteiger partial charge in [-0.1, -0.05) is 0 Å². The maximum atomic E-state index is 11.1. The van der Waals surface area contributed by atoms with Crippen LogP contribution in [0.25, 0.3) is 0 Å². The molecule has 0 amide bonds. The van der Waals surface area contributed by atoms with Gasteiger partial charge in [0.2, 0.25) is 0 Å². The lowest BCUT2D eigenvalue weighted by Gasteiger charge is -2.09. The lowest BCUT2D eigenvalue weighted by atomic mass is 10.2. The van der Waals surface area contributed by atoms with Gasteiger partial charge in [-0.15, -0.1) is 0 Å². The van der Waals surface area contributed by atoms with Gasteiger partial charge in [-0.05, 0) is 38.1 Å². The Balaban J connectivity index is 2.73. The molecule has 3 heteroatoms. The van der Waals surface area contributed by atoms with Crippen molar-refractivity contribution in [1.29, 1.82) is 0 Å². The predicted molar refractivity (Wildman–Crippen MR) is 53.5 cm³/mol. The Hall–Kier alpha value is -1.51. The van der Waals surface area contributed by atoms with Gasteiger partial charge in [-0.25, -0.2) is 4.79 Å². The smallest absolute Gasteiger partial charge is 0.337 e. The molecule has 76 valence electrons. The molecule has 3 nitrogen and oxygen atoms in total. The van der Waals surface area contributed by atoms with E-state index in [-0.39, 0.29) is 12.1 Å². The molecule has 0 aliphatic carbocycles. The second-order valence-electron chi connectivity index (χ2n) is 3.18. The fraction of sp³-hybridized carbons (Fsp3) is 0.364. The first-order valence-corrected chi connectivity index (χ1v) is 4.48. The number of rotatable bonds is 3. The van der Waals surface area contributed by atoms with E-state index in [4.69, 9.17) is 4.74 Å². The van der Waals surface area contributed by atoms with Crippen molar-refractivity contribution in [2.45, 2.75) is 20.0 Å². The Morgan fingerprint density at radius 1 is 1.21 bits per heavy atom. The SMILES string of the molecule is COC(=O)c1ccc(OC(C)C)cc1. The third-order valence-electron chi connectivity index (χ3n) is 1.65. The second kappa shape index (κ2) is 4.65. The molecule has 0 atom stereocenters. The predicted octanol–water partition coefficient (Wildman–Crippen LogP) is 2.26. The van der Waals surface area contributed by atoms with Crippen LogP contribution >= 0.6 is 0 Å². The molecule has 0 saturated carbocycles. The maximum absolute atomic E-state index is 11.1. The van der Waals surface area contributed by atoms with Crippen molar-refractivity contribution < 1.29 is 14.3 Å². The van der Waals surface area contributed by atoms with E-state index < -0.39 is 0 Å². The summed E-state index contributed by atoms with van der Waals surface area (Å²) in [5.74, 6) is 0.425. The van der Waals surface area contributed by atoms with E-state index in [9.17, 15) is 4.79 Å². The highest BCUT2D eigenvalue weighted by Crippen LogP contribution is 2.14. The van der Waals surface area contributed by atoms with Crippen LogP contribution in [0.2, 0.25) is 0 Å². The number of methoxy groups -OCH3 is 1. The molecule has 1 rings (SSSR count). The summed E-state index contributed by atoms with van der Waals surface area (Å²) in [5, 5.41) is 0.